The SMILES string of the molecule is C[C@@H](NCC1CCN(C(=O)CCCCC(=O)O)CC1c1cccc(F)c1)c1cccc2ccccc12. The zero-order valence-corrected chi connectivity index (χ0v) is 20.8. The van der Waals surface area contributed by atoms with Crippen LogP contribution in [0.15, 0.2) is 66.7 Å². The summed E-state index contributed by atoms with van der Waals surface area (Å²) >= 11 is 0. The maximum Gasteiger partial charge on any atom is 0.303 e. The highest BCUT2D eigenvalue weighted by Crippen LogP contribution is 2.34. The summed E-state index contributed by atoms with van der Waals surface area (Å²) in [5.41, 5.74) is 2.17. The molecule has 1 amide bonds. The van der Waals surface area contributed by atoms with E-state index in [1.165, 1.54) is 22.4 Å². The first kappa shape index (κ1) is 25.8. The van der Waals surface area contributed by atoms with Crippen molar-refractivity contribution >= 4 is 22.6 Å². The monoisotopic (exact) mass is 490 g/mol. The fourth-order valence-corrected chi connectivity index (χ4v) is 5.36. The number of nitrogens with zero attached hydrogens (tertiary/aromatic N) is 1. The smallest absolute Gasteiger partial charge is 0.303 e. The Morgan fingerprint density at radius 2 is 1.81 bits per heavy atom. The van der Waals surface area contributed by atoms with E-state index >= 15 is 0 Å². The van der Waals surface area contributed by atoms with Gasteiger partial charge in [-0.3, -0.25) is 9.59 Å². The van der Waals surface area contributed by atoms with Crippen molar-refractivity contribution in [1.29, 1.82) is 0 Å². The molecule has 0 bridgehead atoms. The molecule has 5 nitrogen and oxygen atoms in total. The van der Waals surface area contributed by atoms with Crippen LogP contribution in [0, 0.1) is 11.7 Å². The van der Waals surface area contributed by atoms with Gasteiger partial charge in [0.2, 0.25) is 5.91 Å². The Kier molecular flexibility index (Phi) is 8.70. The lowest BCUT2D eigenvalue weighted by Gasteiger charge is -2.39. The number of hydrogen-bond donors (Lipinski definition) is 2. The van der Waals surface area contributed by atoms with Gasteiger partial charge in [0, 0.05) is 37.9 Å². The average Bonchev–Trinajstić information content (AvgIpc) is 2.89. The van der Waals surface area contributed by atoms with E-state index in [4.69, 9.17) is 5.11 Å². The number of hydrogen-bond acceptors (Lipinski definition) is 3. The van der Waals surface area contributed by atoms with Crippen molar-refractivity contribution in [1.82, 2.24) is 10.2 Å². The molecule has 190 valence electrons. The third kappa shape index (κ3) is 6.49. The number of nitrogens with one attached hydrogen (secondary N) is 1. The van der Waals surface area contributed by atoms with Gasteiger partial charge in [0.25, 0.3) is 0 Å². The van der Waals surface area contributed by atoms with E-state index in [2.05, 4.69) is 54.7 Å². The van der Waals surface area contributed by atoms with Gasteiger partial charge in [0.05, 0.1) is 0 Å². The Bertz CT molecular complexity index is 1190. The number of fused-ring (bicyclic) bond motifs is 1. The molecule has 1 saturated heterocycles. The first-order valence-corrected chi connectivity index (χ1v) is 12.9. The molecule has 1 fully saturated rings. The third-order valence-electron chi connectivity index (χ3n) is 7.39. The Balaban J connectivity index is 1.44. The largest absolute Gasteiger partial charge is 0.481 e. The van der Waals surface area contributed by atoms with Crippen LogP contribution in [0.2, 0.25) is 0 Å². The number of rotatable bonds is 10. The number of benzene rings is 3. The molecule has 0 saturated carbocycles. The third-order valence-corrected chi connectivity index (χ3v) is 7.39. The number of carboxylic acids is 1. The highest BCUT2D eigenvalue weighted by atomic mass is 19.1. The van der Waals surface area contributed by atoms with Crippen molar-refractivity contribution in [3.8, 4) is 0 Å². The fourth-order valence-electron chi connectivity index (χ4n) is 5.36. The maximum absolute atomic E-state index is 14.1. The van der Waals surface area contributed by atoms with Crippen molar-refractivity contribution < 1.29 is 19.1 Å². The number of aliphatic carboxylic acids is 1. The maximum atomic E-state index is 14.1. The minimum atomic E-state index is -0.834. The summed E-state index contributed by atoms with van der Waals surface area (Å²) in [6, 6.07) is 21.6. The molecule has 2 unspecified atom stereocenters. The molecule has 1 heterocycles. The standard InChI is InChI=1S/C30H35FN2O3/c1-21(26-13-7-9-22-8-2-3-12-27(22)26)32-19-24-16-17-33(29(34)14-4-5-15-30(35)36)20-28(24)23-10-6-11-25(31)18-23/h2-3,6-13,18,21,24,28,32H,4-5,14-17,19-20H2,1H3,(H,35,36)/t21-,24?,28?/m1/s1. The zero-order chi connectivity index (χ0) is 25.5. The van der Waals surface area contributed by atoms with E-state index in [-0.39, 0.29) is 36.0 Å². The lowest BCUT2D eigenvalue weighted by molar-refractivity contribution is -0.138. The summed E-state index contributed by atoms with van der Waals surface area (Å²) in [5, 5.41) is 15.0. The molecule has 1 aliphatic heterocycles. The molecule has 3 aromatic rings. The van der Waals surface area contributed by atoms with Gasteiger partial charge in [0.15, 0.2) is 0 Å². The number of halogens is 1. The molecule has 6 heteroatoms. The highest BCUT2D eigenvalue weighted by Gasteiger charge is 2.32. The van der Waals surface area contributed by atoms with Gasteiger partial charge < -0.3 is 15.3 Å². The van der Waals surface area contributed by atoms with Crippen LogP contribution >= 0.6 is 0 Å². The molecule has 3 aromatic carbocycles. The van der Waals surface area contributed by atoms with Gasteiger partial charge in [-0.2, -0.15) is 0 Å². The van der Waals surface area contributed by atoms with E-state index in [9.17, 15) is 14.0 Å². The van der Waals surface area contributed by atoms with Crippen LogP contribution in [-0.2, 0) is 9.59 Å². The van der Waals surface area contributed by atoms with E-state index < -0.39 is 5.97 Å². The lowest BCUT2D eigenvalue weighted by Crippen LogP contribution is -2.45. The Morgan fingerprint density at radius 1 is 1.06 bits per heavy atom. The average molecular weight is 491 g/mol. The van der Waals surface area contributed by atoms with Crippen molar-refractivity contribution in [3.05, 3.63) is 83.7 Å². The molecule has 0 radical (unpaired) electrons. The molecule has 0 aromatic heterocycles. The van der Waals surface area contributed by atoms with Gasteiger partial charge in [0.1, 0.15) is 5.82 Å². The van der Waals surface area contributed by atoms with E-state index in [1.54, 1.807) is 12.1 Å². The summed E-state index contributed by atoms with van der Waals surface area (Å²) in [4.78, 5) is 25.5. The van der Waals surface area contributed by atoms with Gasteiger partial charge in [-0.25, -0.2) is 4.39 Å². The summed E-state index contributed by atoms with van der Waals surface area (Å²) in [6.07, 6.45) is 2.34. The zero-order valence-electron chi connectivity index (χ0n) is 20.8. The molecule has 36 heavy (non-hydrogen) atoms. The predicted octanol–water partition coefficient (Wildman–Crippen LogP) is 5.91. The summed E-state index contributed by atoms with van der Waals surface area (Å²) < 4.78 is 14.1. The Morgan fingerprint density at radius 3 is 2.61 bits per heavy atom. The molecule has 0 aliphatic carbocycles. The number of likely N-dealkylation sites (tertiary alicyclic amines) is 1. The lowest BCUT2D eigenvalue weighted by atomic mass is 9.80. The van der Waals surface area contributed by atoms with Crippen LogP contribution in [0.25, 0.3) is 10.8 Å². The molecular formula is C30H35FN2O3. The molecule has 4 rings (SSSR count). The van der Waals surface area contributed by atoms with Gasteiger partial charge >= 0.3 is 5.97 Å². The second-order valence-corrected chi connectivity index (χ2v) is 9.85. The molecule has 1 aliphatic rings. The first-order valence-electron chi connectivity index (χ1n) is 12.9. The number of piperidine rings is 1. The molecule has 3 atom stereocenters. The van der Waals surface area contributed by atoms with Crippen molar-refractivity contribution in [2.75, 3.05) is 19.6 Å². The second kappa shape index (κ2) is 12.1. The van der Waals surface area contributed by atoms with Crippen LogP contribution in [0.5, 0.6) is 0 Å². The number of amides is 1. The second-order valence-electron chi connectivity index (χ2n) is 9.85. The number of carboxylic acid groups (broad SMARTS) is 1. The van der Waals surface area contributed by atoms with Crippen LogP contribution < -0.4 is 5.32 Å². The Labute approximate surface area is 212 Å². The summed E-state index contributed by atoms with van der Waals surface area (Å²) in [6.45, 7) is 4.16. The minimum Gasteiger partial charge on any atom is -0.481 e. The van der Waals surface area contributed by atoms with Crippen molar-refractivity contribution in [2.45, 2.75) is 51.0 Å². The van der Waals surface area contributed by atoms with Crippen molar-refractivity contribution in [2.24, 2.45) is 5.92 Å². The molecule has 0 spiro atoms. The van der Waals surface area contributed by atoms with E-state index in [0.717, 1.165) is 18.5 Å². The van der Waals surface area contributed by atoms with Crippen LogP contribution in [0.3, 0.4) is 0 Å². The fraction of sp³-hybridized carbons (Fsp3) is 0.400. The first-order chi connectivity index (χ1) is 17.4. The quantitative estimate of drug-likeness (QED) is 0.347. The van der Waals surface area contributed by atoms with E-state index in [0.29, 0.717) is 32.4 Å². The van der Waals surface area contributed by atoms with Gasteiger partial charge in [-0.1, -0.05) is 54.6 Å². The van der Waals surface area contributed by atoms with Gasteiger partial charge in [-0.15, -0.1) is 0 Å². The molecule has 2 N–H and O–H groups in total. The number of carbonyl (C=O) groups excluding carboxylic acids is 1. The summed E-state index contributed by atoms with van der Waals surface area (Å²) in [7, 11) is 0. The highest BCUT2D eigenvalue weighted by molar-refractivity contribution is 5.86. The minimum absolute atomic E-state index is 0.0321. The van der Waals surface area contributed by atoms with Crippen LogP contribution in [0.4, 0.5) is 4.39 Å². The van der Waals surface area contributed by atoms with Crippen LogP contribution in [0.1, 0.15) is 62.1 Å². The van der Waals surface area contributed by atoms with Gasteiger partial charge in [-0.05, 0) is 72.7 Å². The van der Waals surface area contributed by atoms with E-state index in [1.807, 2.05) is 11.0 Å². The number of carbonyl (C=O) groups is 2. The number of unbranched alkanes of at least 4 members (excludes halogenated alkanes) is 1. The van der Waals surface area contributed by atoms with Crippen LogP contribution in [-0.4, -0.2) is 41.5 Å². The topological polar surface area (TPSA) is 69.6 Å². The summed E-state index contributed by atoms with van der Waals surface area (Å²) in [5.74, 6) is -0.748. The Hall–Kier alpha value is -3.25. The molecular weight excluding hydrogens is 455 g/mol. The normalized spacial score (nSPS) is 18.8. The predicted molar refractivity (Wildman–Crippen MR) is 140 cm³/mol. The van der Waals surface area contributed by atoms with Crippen molar-refractivity contribution in [3.63, 3.8) is 0 Å².